The number of aryl methyl sites for hydroxylation is 2. The molecular weight excluding hydrogens is 388 g/mol. The molecule has 0 aliphatic heterocycles. The van der Waals surface area contributed by atoms with Gasteiger partial charge < -0.3 is 9.47 Å². The third-order valence-corrected chi connectivity index (χ3v) is 4.72. The number of methoxy groups -OCH3 is 1. The number of hydrogen-bond donors (Lipinski definition) is 0. The molecule has 0 N–H and O–H groups in total. The number of carbonyl (C=O) groups is 2. The number of rotatable bonds is 4. The Labute approximate surface area is 182 Å². The van der Waals surface area contributed by atoms with Crippen LogP contribution in [-0.4, -0.2) is 19.4 Å². The Morgan fingerprint density at radius 2 is 1.26 bits per heavy atom. The highest BCUT2D eigenvalue weighted by Gasteiger charge is 2.09. The molecule has 0 atom stereocenters. The summed E-state index contributed by atoms with van der Waals surface area (Å²) in [6.07, 6.45) is 0.805. The van der Waals surface area contributed by atoms with E-state index < -0.39 is 5.97 Å². The molecule has 4 rings (SSSR count). The summed E-state index contributed by atoms with van der Waals surface area (Å²) in [5, 5.41) is 1.81. The summed E-state index contributed by atoms with van der Waals surface area (Å²) in [7, 11) is 1.67. The molecule has 4 aromatic carbocycles. The number of hydrogen-bond acceptors (Lipinski definition) is 4. The van der Waals surface area contributed by atoms with Gasteiger partial charge in [0.05, 0.1) is 12.7 Å². The lowest BCUT2D eigenvalue weighted by Crippen LogP contribution is -2.08. The van der Waals surface area contributed by atoms with Gasteiger partial charge in [-0.25, -0.2) is 4.79 Å². The standard InChI is InChI=1S/C19H14O3.C8H10O/c1-13-2-8-18(9-3-13)22-19(21)17-7-6-15-10-14(12-20)4-5-16(15)11-17;1-7-3-5-8(9-2)6-4-7/h2-12H,1H3;3-6H,1-2H3. The summed E-state index contributed by atoms with van der Waals surface area (Å²) in [5.41, 5.74) is 3.46. The maximum Gasteiger partial charge on any atom is 0.343 e. The van der Waals surface area contributed by atoms with Crippen LogP contribution >= 0.6 is 0 Å². The van der Waals surface area contributed by atoms with Gasteiger partial charge in [0.25, 0.3) is 0 Å². The van der Waals surface area contributed by atoms with Crippen LogP contribution in [0.3, 0.4) is 0 Å². The molecule has 0 heterocycles. The Morgan fingerprint density at radius 3 is 1.84 bits per heavy atom. The molecule has 0 saturated heterocycles. The van der Waals surface area contributed by atoms with E-state index in [1.54, 1.807) is 43.5 Å². The average Bonchev–Trinajstić information content (AvgIpc) is 2.80. The number of ether oxygens (including phenoxy) is 2. The molecule has 4 aromatic rings. The quantitative estimate of drug-likeness (QED) is 0.228. The lowest BCUT2D eigenvalue weighted by molar-refractivity contribution is 0.0734. The van der Waals surface area contributed by atoms with Crippen LogP contribution < -0.4 is 9.47 Å². The molecule has 4 heteroatoms. The first-order chi connectivity index (χ1) is 15.0. The van der Waals surface area contributed by atoms with Crippen molar-refractivity contribution >= 4 is 23.0 Å². The SMILES string of the molecule is COc1ccc(C)cc1.Cc1ccc(OC(=O)c2ccc3cc(C=O)ccc3c2)cc1. The van der Waals surface area contributed by atoms with Gasteiger partial charge in [0.1, 0.15) is 17.8 Å². The number of aldehydes is 1. The van der Waals surface area contributed by atoms with Gasteiger partial charge in [-0.05, 0) is 67.1 Å². The summed E-state index contributed by atoms with van der Waals surface area (Å²) in [4.78, 5) is 23.0. The summed E-state index contributed by atoms with van der Waals surface area (Å²) in [6.45, 7) is 4.03. The lowest BCUT2D eigenvalue weighted by atomic mass is 10.0. The highest BCUT2D eigenvalue weighted by molar-refractivity contribution is 5.97. The zero-order chi connectivity index (χ0) is 22.2. The van der Waals surface area contributed by atoms with E-state index in [2.05, 4.69) is 6.92 Å². The summed E-state index contributed by atoms with van der Waals surface area (Å²) in [5.74, 6) is 1.04. The van der Waals surface area contributed by atoms with Crippen molar-refractivity contribution in [1.82, 2.24) is 0 Å². The van der Waals surface area contributed by atoms with Crippen molar-refractivity contribution < 1.29 is 19.1 Å². The van der Waals surface area contributed by atoms with E-state index in [0.29, 0.717) is 16.9 Å². The van der Waals surface area contributed by atoms with Crippen molar-refractivity contribution in [2.24, 2.45) is 0 Å². The van der Waals surface area contributed by atoms with E-state index in [0.717, 1.165) is 28.4 Å². The summed E-state index contributed by atoms with van der Waals surface area (Å²) < 4.78 is 10.3. The summed E-state index contributed by atoms with van der Waals surface area (Å²) >= 11 is 0. The van der Waals surface area contributed by atoms with Crippen LogP contribution in [0.4, 0.5) is 0 Å². The first-order valence-corrected chi connectivity index (χ1v) is 9.87. The largest absolute Gasteiger partial charge is 0.497 e. The third kappa shape index (κ3) is 6.03. The number of fused-ring (bicyclic) bond motifs is 1. The van der Waals surface area contributed by atoms with Gasteiger partial charge in [-0.15, -0.1) is 0 Å². The van der Waals surface area contributed by atoms with Crippen molar-refractivity contribution in [3.05, 3.63) is 107 Å². The minimum atomic E-state index is -0.398. The molecule has 0 bridgehead atoms. The number of carbonyl (C=O) groups excluding carboxylic acids is 2. The molecule has 0 unspecified atom stereocenters. The predicted octanol–water partition coefficient (Wildman–Crippen LogP) is 6.18. The monoisotopic (exact) mass is 412 g/mol. The van der Waals surface area contributed by atoms with Crippen molar-refractivity contribution in [1.29, 1.82) is 0 Å². The maximum absolute atomic E-state index is 12.2. The van der Waals surface area contributed by atoms with Crippen LogP contribution in [0.2, 0.25) is 0 Å². The Bertz CT molecular complexity index is 1180. The Balaban J connectivity index is 0.000000254. The van der Waals surface area contributed by atoms with Gasteiger partial charge in [-0.2, -0.15) is 0 Å². The van der Waals surface area contributed by atoms with Crippen LogP contribution in [0.1, 0.15) is 31.8 Å². The second-order valence-electron chi connectivity index (χ2n) is 7.16. The minimum Gasteiger partial charge on any atom is -0.497 e. The molecule has 0 spiro atoms. The topological polar surface area (TPSA) is 52.6 Å². The van der Waals surface area contributed by atoms with Gasteiger partial charge in [0.15, 0.2) is 0 Å². The fourth-order valence-electron chi connectivity index (χ4n) is 2.91. The van der Waals surface area contributed by atoms with Crippen LogP contribution in [0.5, 0.6) is 11.5 Å². The van der Waals surface area contributed by atoms with Crippen molar-refractivity contribution in [2.75, 3.05) is 7.11 Å². The molecule has 0 aliphatic rings. The van der Waals surface area contributed by atoms with Crippen LogP contribution in [-0.2, 0) is 0 Å². The van der Waals surface area contributed by atoms with Crippen LogP contribution in [0.25, 0.3) is 10.8 Å². The molecule has 0 fully saturated rings. The molecule has 156 valence electrons. The Kier molecular flexibility index (Phi) is 7.17. The fourth-order valence-corrected chi connectivity index (χ4v) is 2.91. The number of benzene rings is 4. The molecule has 0 aromatic heterocycles. The molecule has 0 radical (unpaired) electrons. The molecule has 4 nitrogen and oxygen atoms in total. The smallest absolute Gasteiger partial charge is 0.343 e. The molecule has 0 saturated carbocycles. The van der Waals surface area contributed by atoms with E-state index in [4.69, 9.17) is 9.47 Å². The van der Waals surface area contributed by atoms with E-state index in [1.807, 2.05) is 55.5 Å². The lowest BCUT2D eigenvalue weighted by Gasteiger charge is -2.06. The van der Waals surface area contributed by atoms with E-state index in [1.165, 1.54) is 5.56 Å². The van der Waals surface area contributed by atoms with Crippen molar-refractivity contribution in [3.8, 4) is 11.5 Å². The maximum atomic E-state index is 12.2. The van der Waals surface area contributed by atoms with Crippen LogP contribution in [0, 0.1) is 13.8 Å². The van der Waals surface area contributed by atoms with E-state index in [-0.39, 0.29) is 0 Å². The first kappa shape index (κ1) is 21.8. The van der Waals surface area contributed by atoms with Gasteiger partial charge in [0.2, 0.25) is 0 Å². The zero-order valence-corrected chi connectivity index (χ0v) is 17.8. The predicted molar refractivity (Wildman–Crippen MR) is 123 cm³/mol. The van der Waals surface area contributed by atoms with Gasteiger partial charge in [0, 0.05) is 5.56 Å². The highest BCUT2D eigenvalue weighted by atomic mass is 16.5. The number of esters is 1. The zero-order valence-electron chi connectivity index (χ0n) is 17.8. The second-order valence-corrected chi connectivity index (χ2v) is 7.16. The summed E-state index contributed by atoms with van der Waals surface area (Å²) in [6, 6.07) is 25.9. The Hall–Kier alpha value is -3.92. The van der Waals surface area contributed by atoms with Gasteiger partial charge in [-0.1, -0.05) is 53.6 Å². The molecule has 31 heavy (non-hydrogen) atoms. The second kappa shape index (κ2) is 10.2. The fraction of sp³-hybridized carbons (Fsp3) is 0.111. The normalized spacial score (nSPS) is 10.0. The Morgan fingerprint density at radius 1 is 0.710 bits per heavy atom. The van der Waals surface area contributed by atoms with Gasteiger partial charge in [-0.3, -0.25) is 4.79 Å². The molecule has 0 aliphatic carbocycles. The third-order valence-electron chi connectivity index (χ3n) is 4.72. The van der Waals surface area contributed by atoms with Crippen molar-refractivity contribution in [3.63, 3.8) is 0 Å². The van der Waals surface area contributed by atoms with E-state index in [9.17, 15) is 9.59 Å². The molecule has 0 amide bonds. The van der Waals surface area contributed by atoms with E-state index >= 15 is 0 Å². The van der Waals surface area contributed by atoms with Gasteiger partial charge >= 0.3 is 5.97 Å². The van der Waals surface area contributed by atoms with Crippen molar-refractivity contribution in [2.45, 2.75) is 13.8 Å². The molecular formula is C27H24O4. The van der Waals surface area contributed by atoms with Crippen LogP contribution in [0.15, 0.2) is 84.9 Å². The average molecular weight is 412 g/mol. The minimum absolute atomic E-state index is 0.398. The first-order valence-electron chi connectivity index (χ1n) is 9.87. The highest BCUT2D eigenvalue weighted by Crippen LogP contribution is 2.19.